The third-order valence-electron chi connectivity index (χ3n) is 3.45. The maximum atomic E-state index is 5.91. The lowest BCUT2D eigenvalue weighted by Gasteiger charge is -2.26. The highest BCUT2D eigenvalue weighted by Gasteiger charge is 2.33. The summed E-state index contributed by atoms with van der Waals surface area (Å²) in [5, 5.41) is 7.79. The first-order valence-corrected chi connectivity index (χ1v) is 6.54. The molecule has 96 valence electrons. The van der Waals surface area contributed by atoms with E-state index in [1.807, 2.05) is 6.92 Å². The second kappa shape index (κ2) is 4.48. The van der Waals surface area contributed by atoms with E-state index in [9.17, 15) is 0 Å². The van der Waals surface area contributed by atoms with Gasteiger partial charge in [-0.3, -0.25) is 0 Å². The highest BCUT2D eigenvalue weighted by atomic mass is 35.5. The van der Waals surface area contributed by atoms with Gasteiger partial charge in [0.25, 0.3) is 0 Å². The van der Waals surface area contributed by atoms with E-state index in [-0.39, 0.29) is 5.38 Å². The number of hydrogen-bond acceptors (Lipinski definition) is 4. The third kappa shape index (κ3) is 2.73. The molecule has 1 saturated heterocycles. The lowest BCUT2D eigenvalue weighted by molar-refractivity contribution is 0.263. The number of hydrogen-bond donors (Lipinski definition) is 0. The molecule has 2 rings (SSSR count). The predicted octanol–water partition coefficient (Wildman–Crippen LogP) is 3.24. The van der Waals surface area contributed by atoms with Crippen LogP contribution in [0.1, 0.15) is 45.4 Å². The molecular formula is C12H20ClN3O. The monoisotopic (exact) mass is 257 g/mol. The molecule has 4 nitrogen and oxygen atoms in total. The van der Waals surface area contributed by atoms with Crippen LogP contribution in [-0.2, 0) is 0 Å². The Morgan fingerprint density at radius 1 is 1.41 bits per heavy atom. The smallest absolute Gasteiger partial charge is 0.318 e. The van der Waals surface area contributed by atoms with Crippen LogP contribution < -0.4 is 4.90 Å². The highest BCUT2D eigenvalue weighted by molar-refractivity contribution is 6.20. The molecule has 1 aliphatic rings. The van der Waals surface area contributed by atoms with Gasteiger partial charge in [0, 0.05) is 13.1 Å². The van der Waals surface area contributed by atoms with Gasteiger partial charge in [-0.2, -0.15) is 0 Å². The van der Waals surface area contributed by atoms with Crippen molar-refractivity contribution in [3.63, 3.8) is 0 Å². The van der Waals surface area contributed by atoms with E-state index >= 15 is 0 Å². The molecule has 0 aliphatic carbocycles. The maximum Gasteiger partial charge on any atom is 0.318 e. The Morgan fingerprint density at radius 3 is 2.59 bits per heavy atom. The number of aromatic nitrogens is 2. The summed E-state index contributed by atoms with van der Waals surface area (Å²) in [6.45, 7) is 10.6. The van der Waals surface area contributed by atoms with Crippen molar-refractivity contribution >= 4 is 17.6 Å². The minimum atomic E-state index is -0.225. The van der Waals surface area contributed by atoms with Crippen LogP contribution in [0.3, 0.4) is 0 Å². The van der Waals surface area contributed by atoms with Gasteiger partial charge in [0.1, 0.15) is 5.38 Å². The second-order valence-corrected chi connectivity index (χ2v) is 6.49. The topological polar surface area (TPSA) is 42.2 Å². The van der Waals surface area contributed by atoms with E-state index in [0.29, 0.717) is 23.2 Å². The van der Waals surface area contributed by atoms with Gasteiger partial charge in [-0.05, 0) is 24.7 Å². The van der Waals surface area contributed by atoms with E-state index < -0.39 is 0 Å². The van der Waals surface area contributed by atoms with Crippen molar-refractivity contribution in [2.45, 2.75) is 39.5 Å². The predicted molar refractivity (Wildman–Crippen MR) is 68.3 cm³/mol. The molecule has 0 spiro atoms. The summed E-state index contributed by atoms with van der Waals surface area (Å²) in [5.41, 5.74) is 0.331. The maximum absolute atomic E-state index is 5.91. The standard InChI is InChI=1S/C12H20ClN3O/c1-8(13)10-14-15-11(17-10)16-6-5-9(7-16)12(2,3)4/h8-9H,5-7H2,1-4H3. The van der Waals surface area contributed by atoms with Crippen LogP contribution in [0, 0.1) is 11.3 Å². The first-order chi connectivity index (χ1) is 7.88. The van der Waals surface area contributed by atoms with Gasteiger partial charge >= 0.3 is 6.01 Å². The van der Waals surface area contributed by atoms with Crippen LogP contribution in [0.4, 0.5) is 6.01 Å². The quantitative estimate of drug-likeness (QED) is 0.763. The molecule has 0 radical (unpaired) electrons. The van der Waals surface area contributed by atoms with Gasteiger partial charge in [-0.1, -0.05) is 25.9 Å². The van der Waals surface area contributed by atoms with Crippen molar-refractivity contribution < 1.29 is 4.42 Å². The van der Waals surface area contributed by atoms with Gasteiger partial charge in [-0.25, -0.2) is 0 Å². The Kier molecular flexibility index (Phi) is 3.34. The van der Waals surface area contributed by atoms with Crippen molar-refractivity contribution in [2.75, 3.05) is 18.0 Å². The van der Waals surface area contributed by atoms with Crippen molar-refractivity contribution in [1.82, 2.24) is 10.2 Å². The Balaban J connectivity index is 2.05. The van der Waals surface area contributed by atoms with E-state index in [1.54, 1.807) is 0 Å². The summed E-state index contributed by atoms with van der Waals surface area (Å²) in [4.78, 5) is 2.16. The molecule has 2 unspecified atom stereocenters. The fourth-order valence-corrected chi connectivity index (χ4v) is 2.24. The number of alkyl halides is 1. The summed E-state index contributed by atoms with van der Waals surface area (Å²) in [6.07, 6.45) is 1.18. The molecule has 2 heterocycles. The first kappa shape index (κ1) is 12.7. The average Bonchev–Trinajstić information content (AvgIpc) is 2.85. The molecule has 1 aliphatic heterocycles. The van der Waals surface area contributed by atoms with Crippen molar-refractivity contribution in [3.05, 3.63) is 5.89 Å². The third-order valence-corrected chi connectivity index (χ3v) is 3.64. The molecule has 1 fully saturated rings. The number of halogens is 1. The summed E-state index contributed by atoms with van der Waals surface area (Å²) < 4.78 is 5.56. The van der Waals surface area contributed by atoms with Gasteiger partial charge in [0.05, 0.1) is 0 Å². The summed E-state index contributed by atoms with van der Waals surface area (Å²) in [7, 11) is 0. The van der Waals surface area contributed by atoms with Crippen LogP contribution in [-0.4, -0.2) is 23.3 Å². The van der Waals surface area contributed by atoms with Gasteiger partial charge in [0.15, 0.2) is 0 Å². The average molecular weight is 258 g/mol. The Hall–Kier alpha value is -0.770. The van der Waals surface area contributed by atoms with E-state index in [1.165, 1.54) is 6.42 Å². The highest BCUT2D eigenvalue weighted by Crippen LogP contribution is 2.35. The minimum Gasteiger partial charge on any atom is -0.406 e. The van der Waals surface area contributed by atoms with Crippen molar-refractivity contribution in [3.8, 4) is 0 Å². The first-order valence-electron chi connectivity index (χ1n) is 6.10. The molecule has 0 amide bonds. The molecule has 0 aromatic carbocycles. The molecule has 0 N–H and O–H groups in total. The molecule has 1 aromatic rings. The van der Waals surface area contributed by atoms with Gasteiger partial charge in [-0.15, -0.1) is 16.7 Å². The van der Waals surface area contributed by atoms with E-state index in [0.717, 1.165) is 13.1 Å². The zero-order valence-electron chi connectivity index (χ0n) is 10.9. The Labute approximate surface area is 107 Å². The zero-order chi connectivity index (χ0) is 12.6. The SMILES string of the molecule is CC(Cl)c1nnc(N2CCC(C(C)(C)C)C2)o1. The van der Waals surface area contributed by atoms with Crippen molar-refractivity contribution in [1.29, 1.82) is 0 Å². The fraction of sp³-hybridized carbons (Fsp3) is 0.833. The molecule has 17 heavy (non-hydrogen) atoms. The van der Waals surface area contributed by atoms with Crippen molar-refractivity contribution in [2.24, 2.45) is 11.3 Å². The van der Waals surface area contributed by atoms with Crippen LogP contribution in [0.15, 0.2) is 4.42 Å². The second-order valence-electron chi connectivity index (χ2n) is 5.84. The number of nitrogens with zero attached hydrogens (tertiary/aromatic N) is 3. The van der Waals surface area contributed by atoms with Crippen LogP contribution in [0.2, 0.25) is 0 Å². The molecule has 1 aromatic heterocycles. The lowest BCUT2D eigenvalue weighted by atomic mass is 9.80. The van der Waals surface area contributed by atoms with Crippen LogP contribution >= 0.6 is 11.6 Å². The Bertz CT molecular complexity index is 383. The molecule has 5 heteroatoms. The summed E-state index contributed by atoms with van der Waals surface area (Å²) in [6, 6.07) is 0.610. The largest absolute Gasteiger partial charge is 0.406 e. The van der Waals surface area contributed by atoms with E-state index in [2.05, 4.69) is 35.9 Å². The number of anilines is 1. The molecule has 0 bridgehead atoms. The van der Waals surface area contributed by atoms with Gasteiger partial charge < -0.3 is 9.32 Å². The summed E-state index contributed by atoms with van der Waals surface area (Å²) in [5.74, 6) is 1.17. The van der Waals surface area contributed by atoms with Crippen LogP contribution in [0.25, 0.3) is 0 Å². The molecule has 0 saturated carbocycles. The number of rotatable bonds is 2. The molecule has 2 atom stereocenters. The van der Waals surface area contributed by atoms with Gasteiger partial charge in [0.2, 0.25) is 5.89 Å². The normalized spacial score (nSPS) is 23.1. The fourth-order valence-electron chi connectivity index (χ4n) is 2.16. The Morgan fingerprint density at radius 2 is 2.12 bits per heavy atom. The minimum absolute atomic E-state index is 0.225. The molecular weight excluding hydrogens is 238 g/mol. The van der Waals surface area contributed by atoms with Crippen LogP contribution in [0.5, 0.6) is 0 Å². The van der Waals surface area contributed by atoms with E-state index in [4.69, 9.17) is 16.0 Å². The zero-order valence-corrected chi connectivity index (χ0v) is 11.7. The lowest BCUT2D eigenvalue weighted by Crippen LogP contribution is -2.25. The summed E-state index contributed by atoms with van der Waals surface area (Å²) >= 11 is 5.91.